The van der Waals surface area contributed by atoms with E-state index in [1.807, 2.05) is 6.20 Å². The number of Topliss-reactive ketones (excluding diaryl/α,β-unsaturated/α-hetero) is 2. The number of H-pyrrole nitrogens is 1. The fourth-order valence-electron chi connectivity index (χ4n) is 6.32. The van der Waals surface area contributed by atoms with Crippen molar-refractivity contribution in [2.75, 3.05) is 6.54 Å². The normalized spacial score (nSPS) is 45.3. The van der Waals surface area contributed by atoms with Crippen LogP contribution in [0.5, 0.6) is 0 Å². The third-order valence-electron chi connectivity index (χ3n) is 7.25. The maximum atomic E-state index is 13.1. The third kappa shape index (κ3) is 1.41. The van der Waals surface area contributed by atoms with E-state index >= 15 is 0 Å². The molecule has 5 aliphatic rings. The van der Waals surface area contributed by atoms with E-state index in [1.54, 1.807) is 0 Å². The molecule has 1 saturated heterocycles. The van der Waals surface area contributed by atoms with E-state index in [4.69, 9.17) is 0 Å². The van der Waals surface area contributed by atoms with Gasteiger partial charge in [-0.05, 0) is 5.56 Å². The second-order valence-corrected chi connectivity index (χ2v) is 8.23. The van der Waals surface area contributed by atoms with Crippen molar-refractivity contribution >= 4 is 11.6 Å². The van der Waals surface area contributed by atoms with Gasteiger partial charge in [0.15, 0.2) is 0 Å². The molecule has 1 saturated carbocycles. The van der Waals surface area contributed by atoms with Gasteiger partial charge in [-0.15, -0.1) is 0 Å². The Morgan fingerprint density at radius 1 is 1.23 bits per heavy atom. The Bertz CT molecular complexity index is 920. The first-order valence-corrected chi connectivity index (χ1v) is 9.14. The van der Waals surface area contributed by atoms with Gasteiger partial charge in [-0.2, -0.15) is 0 Å². The van der Waals surface area contributed by atoms with Gasteiger partial charge >= 0.3 is 0 Å². The smallest absolute Gasteiger partial charge is 0.225 e. The van der Waals surface area contributed by atoms with Crippen LogP contribution in [0.2, 0.25) is 0 Å². The van der Waals surface area contributed by atoms with Gasteiger partial charge in [-0.1, -0.05) is 0 Å². The molecule has 26 heavy (non-hydrogen) atoms. The molecular formula is C18H20N3O5+. The highest BCUT2D eigenvalue weighted by Crippen LogP contribution is 2.55. The van der Waals surface area contributed by atoms with Gasteiger partial charge in [-0.3, -0.25) is 9.59 Å². The predicted octanol–water partition coefficient (Wildman–Crippen LogP) is -2.68. The van der Waals surface area contributed by atoms with Crippen LogP contribution in [-0.2, 0) is 11.2 Å². The molecule has 0 radical (unpaired) electrons. The number of hydrogen-bond acceptors (Lipinski definition) is 6. The van der Waals surface area contributed by atoms with E-state index in [-0.39, 0.29) is 36.1 Å². The van der Waals surface area contributed by atoms with E-state index in [9.17, 15) is 24.9 Å². The van der Waals surface area contributed by atoms with Crippen molar-refractivity contribution in [3.05, 3.63) is 34.3 Å². The number of hydrogen-bond donors (Lipinski definition) is 6. The van der Waals surface area contributed by atoms with Crippen LogP contribution in [0.25, 0.3) is 0 Å². The molecule has 2 aliphatic carbocycles. The lowest BCUT2D eigenvalue weighted by Gasteiger charge is -2.60. The number of rotatable bonds is 0. The number of aromatic nitrogens is 1. The number of ketones is 2. The minimum Gasteiger partial charge on any atom is -0.386 e. The summed E-state index contributed by atoms with van der Waals surface area (Å²) >= 11 is 0. The summed E-state index contributed by atoms with van der Waals surface area (Å²) in [5, 5.41) is 35.1. The fraction of sp³-hybridized carbons (Fsp3) is 0.556. The number of allylic oxidation sites excluding steroid dienone is 1. The summed E-state index contributed by atoms with van der Waals surface area (Å²) in [7, 11) is 0. The second-order valence-electron chi connectivity index (χ2n) is 8.23. The van der Waals surface area contributed by atoms with Crippen LogP contribution < -0.4 is 10.2 Å². The topological polar surface area (TPSA) is 127 Å². The monoisotopic (exact) mass is 358 g/mol. The zero-order valence-corrected chi connectivity index (χ0v) is 14.0. The number of fused-ring (bicyclic) bond motifs is 2. The highest BCUT2D eigenvalue weighted by molar-refractivity contribution is 6.12. The van der Waals surface area contributed by atoms with Gasteiger partial charge in [0, 0.05) is 36.6 Å². The summed E-state index contributed by atoms with van der Waals surface area (Å²) < 4.78 is 0. The van der Waals surface area contributed by atoms with E-state index in [1.165, 1.54) is 0 Å². The van der Waals surface area contributed by atoms with Gasteiger partial charge in [0.1, 0.15) is 36.3 Å². The van der Waals surface area contributed by atoms with Crippen LogP contribution in [0.1, 0.15) is 40.5 Å². The first-order chi connectivity index (χ1) is 12.4. The number of piperidine rings is 1. The maximum absolute atomic E-state index is 13.1. The molecule has 7 unspecified atom stereocenters. The van der Waals surface area contributed by atoms with Crippen molar-refractivity contribution in [2.45, 2.75) is 49.8 Å². The Labute approximate surface area is 148 Å². The van der Waals surface area contributed by atoms with Crippen LogP contribution in [0.4, 0.5) is 0 Å². The summed E-state index contributed by atoms with van der Waals surface area (Å²) in [5.74, 6) is -0.541. The molecule has 6 N–H and O–H groups in total. The number of nitrogens with one attached hydrogen (secondary N) is 3. The summed E-state index contributed by atoms with van der Waals surface area (Å²) in [6, 6.07) is -0.753. The van der Waals surface area contributed by atoms with Crippen molar-refractivity contribution in [1.29, 1.82) is 0 Å². The van der Waals surface area contributed by atoms with Crippen LogP contribution >= 0.6 is 0 Å². The van der Waals surface area contributed by atoms with E-state index in [0.717, 1.165) is 22.4 Å². The number of aliphatic hydroxyl groups excluding tert-OH is 3. The molecule has 4 heterocycles. The molecule has 0 amide bonds. The lowest BCUT2D eigenvalue weighted by molar-refractivity contribution is -0.966. The highest BCUT2D eigenvalue weighted by atomic mass is 16.3. The first kappa shape index (κ1) is 15.1. The average Bonchev–Trinajstić information content (AvgIpc) is 3.03. The Kier molecular flexibility index (Phi) is 2.59. The van der Waals surface area contributed by atoms with Crippen molar-refractivity contribution < 1.29 is 29.8 Å². The van der Waals surface area contributed by atoms with Crippen LogP contribution in [-0.4, -0.2) is 62.9 Å². The summed E-state index contributed by atoms with van der Waals surface area (Å²) in [6.07, 6.45) is -0.545. The molecule has 3 aliphatic heterocycles. The molecular weight excluding hydrogens is 338 g/mol. The Balaban J connectivity index is 1.72. The number of carbonyl (C=O) groups excluding carboxylic acids is 2. The average molecular weight is 358 g/mol. The van der Waals surface area contributed by atoms with E-state index in [2.05, 4.69) is 10.3 Å². The molecule has 2 bridgehead atoms. The van der Waals surface area contributed by atoms with E-state index < -0.39 is 29.9 Å². The molecule has 8 nitrogen and oxygen atoms in total. The quantitative estimate of drug-likeness (QED) is 0.300. The zero-order chi connectivity index (χ0) is 18.0. The van der Waals surface area contributed by atoms with Crippen molar-refractivity contribution in [3.8, 4) is 0 Å². The second kappa shape index (κ2) is 4.45. The lowest BCUT2D eigenvalue weighted by Crippen LogP contribution is -3.22. The van der Waals surface area contributed by atoms with Crippen molar-refractivity contribution in [2.24, 2.45) is 5.41 Å². The molecule has 1 spiro atoms. The molecule has 6 rings (SSSR count). The van der Waals surface area contributed by atoms with Crippen LogP contribution in [0.3, 0.4) is 0 Å². The molecule has 8 heteroatoms. The standard InChI is InChI=1S/C18H19N3O5/c22-7-3-8(23)18-4-9(24)20-13-11(18)15-10-6(5-19-12(10)16(13)25)1-2-21(15)14(7)17(18)26/h5,7,9,14-15,17,19-20,22,24,26H,1-4H2/p+1. The molecule has 1 aromatic rings. The highest BCUT2D eigenvalue weighted by Gasteiger charge is 2.70. The first-order valence-electron chi connectivity index (χ1n) is 9.14. The van der Waals surface area contributed by atoms with Gasteiger partial charge in [-0.25, -0.2) is 0 Å². The van der Waals surface area contributed by atoms with E-state index in [0.29, 0.717) is 17.8 Å². The SMILES string of the molecule is O=C1C2=C3C4c5c(c[nH]c51)CC[NH+]4C1C(O)CC(=O)C3(CC(O)N2)C1O. The maximum Gasteiger partial charge on any atom is 0.225 e. The van der Waals surface area contributed by atoms with Gasteiger partial charge in [0.05, 0.1) is 23.4 Å². The molecule has 136 valence electrons. The summed E-state index contributed by atoms with van der Waals surface area (Å²) in [6.45, 7) is 0.714. The summed E-state index contributed by atoms with van der Waals surface area (Å²) in [5.41, 5.74) is 2.03. The summed E-state index contributed by atoms with van der Waals surface area (Å²) in [4.78, 5) is 30.3. The Morgan fingerprint density at radius 2 is 2.04 bits per heavy atom. The Morgan fingerprint density at radius 3 is 2.85 bits per heavy atom. The predicted molar refractivity (Wildman–Crippen MR) is 86.0 cm³/mol. The van der Waals surface area contributed by atoms with Gasteiger partial charge in [0.25, 0.3) is 0 Å². The number of quaternary nitrogens is 1. The van der Waals surface area contributed by atoms with Crippen LogP contribution in [0.15, 0.2) is 17.5 Å². The molecule has 2 fully saturated rings. The van der Waals surface area contributed by atoms with Crippen LogP contribution in [0, 0.1) is 5.41 Å². The number of carbonyl (C=O) groups is 2. The fourth-order valence-corrected chi connectivity index (χ4v) is 6.32. The minimum absolute atomic E-state index is 0.0290. The third-order valence-corrected chi connectivity index (χ3v) is 7.25. The Hall–Kier alpha value is -2.00. The molecule has 1 aromatic heterocycles. The number of aromatic amines is 1. The van der Waals surface area contributed by atoms with Crippen molar-refractivity contribution in [3.63, 3.8) is 0 Å². The molecule has 0 aromatic carbocycles. The largest absolute Gasteiger partial charge is 0.386 e. The molecule has 7 atom stereocenters. The van der Waals surface area contributed by atoms with Gasteiger partial charge < -0.3 is 30.5 Å². The number of aliphatic hydroxyl groups is 3. The van der Waals surface area contributed by atoms with Gasteiger partial charge in [0.2, 0.25) is 5.78 Å². The minimum atomic E-state index is -1.29. The van der Waals surface area contributed by atoms with Crippen molar-refractivity contribution in [1.82, 2.24) is 10.3 Å². The lowest BCUT2D eigenvalue weighted by atomic mass is 9.53. The zero-order valence-electron chi connectivity index (χ0n) is 14.0.